The third kappa shape index (κ3) is 5.26. The van der Waals surface area contributed by atoms with E-state index in [-0.39, 0.29) is 23.2 Å². The Morgan fingerprint density at radius 3 is 2.31 bits per heavy atom. The van der Waals surface area contributed by atoms with E-state index >= 15 is 0 Å². The minimum Gasteiger partial charge on any atom is -0.484 e. The molecule has 0 atom stereocenters. The van der Waals surface area contributed by atoms with Crippen LogP contribution in [-0.4, -0.2) is 29.4 Å². The summed E-state index contributed by atoms with van der Waals surface area (Å²) in [6.07, 6.45) is 1.45. The predicted octanol–water partition coefficient (Wildman–Crippen LogP) is 2.24. The Bertz CT molecular complexity index is 1010. The van der Waals surface area contributed by atoms with Crippen molar-refractivity contribution in [1.82, 2.24) is 10.6 Å². The van der Waals surface area contributed by atoms with Crippen molar-refractivity contribution in [3.63, 3.8) is 0 Å². The van der Waals surface area contributed by atoms with E-state index in [1.807, 2.05) is 32.0 Å². The van der Waals surface area contributed by atoms with Crippen LogP contribution in [0.15, 0.2) is 48.0 Å². The van der Waals surface area contributed by atoms with Crippen molar-refractivity contribution in [3.05, 3.63) is 64.7 Å². The second-order valence-corrected chi connectivity index (χ2v) is 6.91. The van der Waals surface area contributed by atoms with Crippen LogP contribution < -0.4 is 20.7 Å². The molecule has 0 bridgehead atoms. The Labute approximate surface area is 173 Å². The van der Waals surface area contributed by atoms with E-state index < -0.39 is 11.8 Å². The van der Waals surface area contributed by atoms with Gasteiger partial charge in [0.25, 0.3) is 17.7 Å². The van der Waals surface area contributed by atoms with E-state index in [0.29, 0.717) is 17.0 Å². The zero-order valence-corrected chi connectivity index (χ0v) is 16.7. The van der Waals surface area contributed by atoms with E-state index in [1.54, 1.807) is 24.3 Å². The number of anilines is 1. The molecule has 2 aromatic rings. The maximum atomic E-state index is 12.1. The molecule has 7 nitrogen and oxygen atoms in total. The molecule has 3 rings (SSSR count). The maximum Gasteiger partial charge on any atom is 0.263 e. The zero-order valence-electron chi connectivity index (χ0n) is 15.9. The lowest BCUT2D eigenvalue weighted by atomic mass is 10.1. The fraction of sp³-hybridized carbons (Fsp3) is 0.143. The quantitative estimate of drug-likeness (QED) is 0.400. The number of nitrogens with one attached hydrogen (secondary N) is 3. The van der Waals surface area contributed by atoms with E-state index in [0.717, 1.165) is 11.1 Å². The van der Waals surface area contributed by atoms with Crippen molar-refractivity contribution in [1.29, 1.82) is 0 Å². The summed E-state index contributed by atoms with van der Waals surface area (Å²) in [4.78, 5) is 35.8. The molecule has 29 heavy (non-hydrogen) atoms. The molecule has 0 spiro atoms. The van der Waals surface area contributed by atoms with Gasteiger partial charge in [-0.1, -0.05) is 18.2 Å². The summed E-state index contributed by atoms with van der Waals surface area (Å²) in [5.74, 6) is -0.892. The first-order chi connectivity index (χ1) is 13.8. The number of ether oxygens (including phenoxy) is 1. The highest BCUT2D eigenvalue weighted by Gasteiger charge is 2.25. The molecule has 1 saturated heterocycles. The van der Waals surface area contributed by atoms with Crippen molar-refractivity contribution in [2.45, 2.75) is 13.8 Å². The average molecular weight is 409 g/mol. The molecule has 1 heterocycles. The van der Waals surface area contributed by atoms with Gasteiger partial charge in [-0.25, -0.2) is 0 Å². The van der Waals surface area contributed by atoms with Gasteiger partial charge in [0.15, 0.2) is 11.7 Å². The first-order valence-electron chi connectivity index (χ1n) is 8.80. The normalized spacial score (nSPS) is 13.4. The lowest BCUT2D eigenvalue weighted by molar-refractivity contribution is -0.123. The first kappa shape index (κ1) is 20.2. The molecule has 3 N–H and O–H groups in total. The number of aryl methyl sites for hydroxylation is 2. The first-order valence-corrected chi connectivity index (χ1v) is 9.21. The van der Waals surface area contributed by atoms with Gasteiger partial charge in [0.05, 0.1) is 0 Å². The van der Waals surface area contributed by atoms with Gasteiger partial charge in [-0.05, 0) is 73.1 Å². The SMILES string of the molecule is Cc1ccc(NC(=O)COc2ccc(C=C3C(=O)NC(=S)NC3=O)cc2)cc1C. The van der Waals surface area contributed by atoms with Gasteiger partial charge in [0, 0.05) is 5.69 Å². The molecule has 148 valence electrons. The lowest BCUT2D eigenvalue weighted by Gasteiger charge is -2.16. The fourth-order valence-electron chi connectivity index (χ4n) is 2.60. The van der Waals surface area contributed by atoms with E-state index in [1.165, 1.54) is 6.08 Å². The minimum absolute atomic E-state index is 0.0139. The Morgan fingerprint density at radius 1 is 1.03 bits per heavy atom. The van der Waals surface area contributed by atoms with Crippen LogP contribution in [0.1, 0.15) is 16.7 Å². The number of carbonyl (C=O) groups excluding carboxylic acids is 3. The highest BCUT2D eigenvalue weighted by atomic mass is 32.1. The third-order valence-corrected chi connectivity index (χ3v) is 4.50. The van der Waals surface area contributed by atoms with Gasteiger partial charge in [-0.2, -0.15) is 0 Å². The zero-order chi connectivity index (χ0) is 21.0. The Kier molecular flexibility index (Phi) is 6.04. The Hall–Kier alpha value is -3.52. The van der Waals surface area contributed by atoms with Crippen LogP contribution in [0.25, 0.3) is 6.08 Å². The number of amides is 3. The van der Waals surface area contributed by atoms with Crippen LogP contribution >= 0.6 is 12.2 Å². The number of thiocarbonyl (C=S) groups is 1. The summed E-state index contributed by atoms with van der Waals surface area (Å²) in [5, 5.41) is 7.52. The Morgan fingerprint density at radius 2 is 1.69 bits per heavy atom. The molecule has 0 radical (unpaired) electrons. The second-order valence-electron chi connectivity index (χ2n) is 6.50. The van der Waals surface area contributed by atoms with Crippen LogP contribution in [-0.2, 0) is 14.4 Å². The fourth-order valence-corrected chi connectivity index (χ4v) is 2.78. The predicted molar refractivity (Wildman–Crippen MR) is 113 cm³/mol. The lowest BCUT2D eigenvalue weighted by Crippen LogP contribution is -2.51. The minimum atomic E-state index is -0.554. The molecule has 0 aromatic heterocycles. The van der Waals surface area contributed by atoms with Gasteiger partial charge in [-0.15, -0.1) is 0 Å². The summed E-state index contributed by atoms with van der Waals surface area (Å²) in [5.41, 5.74) is 3.55. The van der Waals surface area contributed by atoms with Gasteiger partial charge < -0.3 is 10.1 Å². The number of benzene rings is 2. The van der Waals surface area contributed by atoms with Crippen LogP contribution in [0.2, 0.25) is 0 Å². The van der Waals surface area contributed by atoms with Crippen LogP contribution in [0.3, 0.4) is 0 Å². The third-order valence-electron chi connectivity index (χ3n) is 4.30. The van der Waals surface area contributed by atoms with Crippen molar-refractivity contribution in [3.8, 4) is 5.75 Å². The smallest absolute Gasteiger partial charge is 0.263 e. The molecule has 0 unspecified atom stereocenters. The highest BCUT2D eigenvalue weighted by molar-refractivity contribution is 7.80. The molecular weight excluding hydrogens is 390 g/mol. The van der Waals surface area contributed by atoms with Crippen molar-refractivity contribution in [2.75, 3.05) is 11.9 Å². The number of hydrogen-bond acceptors (Lipinski definition) is 5. The summed E-state index contributed by atoms with van der Waals surface area (Å²) < 4.78 is 5.49. The summed E-state index contributed by atoms with van der Waals surface area (Å²) in [7, 11) is 0. The summed E-state index contributed by atoms with van der Waals surface area (Å²) in [6, 6.07) is 12.3. The molecule has 0 aliphatic carbocycles. The number of rotatable bonds is 5. The molecule has 2 aromatic carbocycles. The van der Waals surface area contributed by atoms with Crippen molar-refractivity contribution in [2.24, 2.45) is 0 Å². The number of carbonyl (C=O) groups is 3. The summed E-state index contributed by atoms with van der Waals surface area (Å²) >= 11 is 4.76. The molecule has 1 aliphatic heterocycles. The largest absolute Gasteiger partial charge is 0.484 e. The highest BCUT2D eigenvalue weighted by Crippen LogP contribution is 2.17. The molecule has 3 amide bonds. The molecule has 1 fully saturated rings. The molecule has 0 saturated carbocycles. The van der Waals surface area contributed by atoms with Gasteiger partial charge in [0.1, 0.15) is 11.3 Å². The summed E-state index contributed by atoms with van der Waals surface area (Å²) in [6.45, 7) is 3.84. The monoisotopic (exact) mass is 409 g/mol. The van der Waals surface area contributed by atoms with Gasteiger partial charge in [0.2, 0.25) is 0 Å². The van der Waals surface area contributed by atoms with E-state index in [4.69, 9.17) is 17.0 Å². The second kappa shape index (κ2) is 8.66. The molecule has 1 aliphatic rings. The van der Waals surface area contributed by atoms with Crippen molar-refractivity contribution < 1.29 is 19.1 Å². The van der Waals surface area contributed by atoms with Crippen LogP contribution in [0.4, 0.5) is 5.69 Å². The Balaban J connectivity index is 1.57. The van der Waals surface area contributed by atoms with Gasteiger partial charge >= 0.3 is 0 Å². The average Bonchev–Trinajstić information content (AvgIpc) is 2.67. The topological polar surface area (TPSA) is 96.5 Å². The standard InChI is InChI=1S/C21H19N3O4S/c1-12-3-6-15(9-13(12)2)22-18(25)11-28-16-7-4-14(5-8-16)10-17-19(26)23-21(29)24-20(17)27/h3-10H,11H2,1-2H3,(H,22,25)(H2,23,24,26,27,29). The van der Waals surface area contributed by atoms with Crippen LogP contribution in [0.5, 0.6) is 5.75 Å². The van der Waals surface area contributed by atoms with E-state index in [9.17, 15) is 14.4 Å². The van der Waals surface area contributed by atoms with Crippen molar-refractivity contribution >= 4 is 46.8 Å². The molecule has 8 heteroatoms. The van der Waals surface area contributed by atoms with E-state index in [2.05, 4.69) is 16.0 Å². The molecular formula is C21H19N3O4S. The van der Waals surface area contributed by atoms with Gasteiger partial charge in [-0.3, -0.25) is 25.0 Å². The van der Waals surface area contributed by atoms with Crippen LogP contribution in [0, 0.1) is 13.8 Å². The number of hydrogen-bond donors (Lipinski definition) is 3. The maximum absolute atomic E-state index is 12.1.